The summed E-state index contributed by atoms with van der Waals surface area (Å²) in [6.45, 7) is -0.415. The van der Waals surface area contributed by atoms with Crippen LogP contribution in [0, 0.1) is 0 Å². The van der Waals surface area contributed by atoms with Crippen molar-refractivity contribution in [2.45, 2.75) is 12.6 Å². The fourth-order valence-electron chi connectivity index (χ4n) is 1.72. The topological polar surface area (TPSA) is 84.5 Å². The van der Waals surface area contributed by atoms with Gasteiger partial charge in [0, 0.05) is 16.7 Å². The van der Waals surface area contributed by atoms with Crippen LogP contribution >= 0.6 is 15.9 Å². The van der Waals surface area contributed by atoms with E-state index in [0.29, 0.717) is 10.2 Å². The molecule has 2 aromatic heterocycles. The normalized spacial score (nSPS) is 12.1. The molecule has 1 unspecified atom stereocenters. The van der Waals surface area contributed by atoms with Crippen molar-refractivity contribution in [2.75, 3.05) is 6.61 Å². The first-order valence-electron chi connectivity index (χ1n) is 5.90. The molecule has 1 amide bonds. The average Bonchev–Trinajstić information content (AvgIpc) is 2.94. The monoisotopic (exact) mass is 340 g/mol. The molecule has 1 atom stereocenters. The molecule has 0 saturated carbocycles. The molecule has 0 fully saturated rings. The second-order valence-corrected chi connectivity index (χ2v) is 5.05. The first-order chi connectivity index (χ1) is 9.60. The molecule has 106 valence electrons. The van der Waals surface area contributed by atoms with Gasteiger partial charge in [0.1, 0.15) is 18.3 Å². The Kier molecular flexibility index (Phi) is 4.75. The number of hydrogen-bond acceptors (Lipinski definition) is 4. The van der Waals surface area contributed by atoms with E-state index in [1.54, 1.807) is 18.2 Å². The average molecular weight is 341 g/mol. The fourth-order valence-corrected chi connectivity index (χ4v) is 2.10. The second kappa shape index (κ2) is 6.53. The zero-order valence-electron chi connectivity index (χ0n) is 10.5. The summed E-state index contributed by atoms with van der Waals surface area (Å²) in [6.07, 6.45) is 2.99. The van der Waals surface area contributed by atoms with Gasteiger partial charge in [0.15, 0.2) is 0 Å². The highest BCUT2D eigenvalue weighted by Crippen LogP contribution is 2.12. The van der Waals surface area contributed by atoms with Gasteiger partial charge in [-0.3, -0.25) is 9.59 Å². The predicted octanol–water partition coefficient (Wildman–Crippen LogP) is 1.05. The number of aliphatic hydroxyl groups excluding tert-OH is 1. The van der Waals surface area contributed by atoms with Crippen molar-refractivity contribution in [1.82, 2.24) is 9.88 Å². The molecular weight excluding hydrogens is 328 g/mol. The molecule has 0 aromatic carbocycles. The molecule has 0 spiro atoms. The van der Waals surface area contributed by atoms with Crippen LogP contribution in [0.15, 0.2) is 50.4 Å². The summed E-state index contributed by atoms with van der Waals surface area (Å²) < 4.78 is 7.11. The molecule has 2 heterocycles. The third kappa shape index (κ3) is 3.58. The molecule has 0 aliphatic carbocycles. The van der Waals surface area contributed by atoms with E-state index in [2.05, 4.69) is 21.2 Å². The van der Waals surface area contributed by atoms with Gasteiger partial charge in [0.2, 0.25) is 5.91 Å². The summed E-state index contributed by atoms with van der Waals surface area (Å²) >= 11 is 3.24. The highest BCUT2D eigenvalue weighted by molar-refractivity contribution is 9.10. The fraction of sp³-hybridized carbons (Fsp3) is 0.231. The van der Waals surface area contributed by atoms with Crippen LogP contribution in [0.2, 0.25) is 0 Å². The number of carbonyl (C=O) groups is 1. The van der Waals surface area contributed by atoms with Crippen LogP contribution in [0.25, 0.3) is 0 Å². The number of amides is 1. The molecule has 0 aliphatic rings. The number of aromatic nitrogens is 1. The maximum Gasteiger partial charge on any atom is 0.251 e. The van der Waals surface area contributed by atoms with Crippen LogP contribution in [-0.2, 0) is 11.3 Å². The number of nitrogens with zero attached hydrogens (tertiary/aromatic N) is 1. The maximum atomic E-state index is 11.9. The van der Waals surface area contributed by atoms with E-state index in [-0.39, 0.29) is 24.6 Å². The summed E-state index contributed by atoms with van der Waals surface area (Å²) in [7, 11) is 0. The molecule has 7 heteroatoms. The van der Waals surface area contributed by atoms with Crippen LogP contribution in [0.1, 0.15) is 11.8 Å². The lowest BCUT2D eigenvalue weighted by Gasteiger charge is -2.14. The third-order valence-electron chi connectivity index (χ3n) is 2.67. The van der Waals surface area contributed by atoms with Gasteiger partial charge in [-0.15, -0.1) is 0 Å². The van der Waals surface area contributed by atoms with Crippen molar-refractivity contribution in [2.24, 2.45) is 0 Å². The lowest BCUT2D eigenvalue weighted by molar-refractivity contribution is -0.122. The maximum absolute atomic E-state index is 11.9. The number of furan rings is 1. The van der Waals surface area contributed by atoms with Crippen LogP contribution in [0.3, 0.4) is 0 Å². The Bertz CT molecular complexity index is 636. The number of halogens is 1. The molecule has 2 N–H and O–H groups in total. The molecule has 2 rings (SSSR count). The summed E-state index contributed by atoms with van der Waals surface area (Å²) in [4.78, 5) is 23.5. The van der Waals surface area contributed by atoms with Crippen LogP contribution in [0.4, 0.5) is 0 Å². The first-order valence-corrected chi connectivity index (χ1v) is 6.69. The van der Waals surface area contributed by atoms with E-state index in [9.17, 15) is 14.7 Å². The van der Waals surface area contributed by atoms with Crippen LogP contribution in [-0.4, -0.2) is 22.2 Å². The highest BCUT2D eigenvalue weighted by atomic mass is 79.9. The SMILES string of the molecule is O=C(Cn1cc(Br)ccc1=O)NC(CO)c1ccco1. The van der Waals surface area contributed by atoms with Crippen molar-refractivity contribution < 1.29 is 14.3 Å². The van der Waals surface area contributed by atoms with E-state index < -0.39 is 6.04 Å². The molecule has 0 bridgehead atoms. The van der Waals surface area contributed by atoms with Crippen molar-refractivity contribution in [3.05, 3.63) is 57.3 Å². The van der Waals surface area contributed by atoms with Crippen molar-refractivity contribution in [3.63, 3.8) is 0 Å². The van der Waals surface area contributed by atoms with E-state index in [1.165, 1.54) is 23.1 Å². The minimum atomic E-state index is -0.625. The Labute approximate surface area is 123 Å². The number of nitrogens with one attached hydrogen (secondary N) is 1. The lowest BCUT2D eigenvalue weighted by Crippen LogP contribution is -2.35. The Balaban J connectivity index is 2.05. The van der Waals surface area contributed by atoms with Gasteiger partial charge in [0.25, 0.3) is 5.56 Å². The zero-order valence-corrected chi connectivity index (χ0v) is 12.0. The molecule has 0 saturated heterocycles. The Morgan fingerprint density at radius 3 is 2.90 bits per heavy atom. The Morgan fingerprint density at radius 2 is 2.25 bits per heavy atom. The van der Waals surface area contributed by atoms with E-state index in [0.717, 1.165) is 0 Å². The van der Waals surface area contributed by atoms with Crippen LogP contribution < -0.4 is 10.9 Å². The van der Waals surface area contributed by atoms with Gasteiger partial charge in [-0.1, -0.05) is 0 Å². The van der Waals surface area contributed by atoms with Crippen molar-refractivity contribution >= 4 is 21.8 Å². The van der Waals surface area contributed by atoms with Gasteiger partial charge in [-0.05, 0) is 34.1 Å². The number of pyridine rings is 1. The van der Waals surface area contributed by atoms with Gasteiger partial charge < -0.3 is 19.4 Å². The molecular formula is C13H13BrN2O4. The third-order valence-corrected chi connectivity index (χ3v) is 3.13. The zero-order chi connectivity index (χ0) is 14.5. The van der Waals surface area contributed by atoms with Gasteiger partial charge in [-0.25, -0.2) is 0 Å². The van der Waals surface area contributed by atoms with Gasteiger partial charge in [0.05, 0.1) is 12.9 Å². The first kappa shape index (κ1) is 14.5. The summed E-state index contributed by atoms with van der Waals surface area (Å²) in [5, 5.41) is 11.9. The van der Waals surface area contributed by atoms with Crippen molar-refractivity contribution in [3.8, 4) is 0 Å². The Morgan fingerprint density at radius 1 is 1.45 bits per heavy atom. The number of hydrogen-bond donors (Lipinski definition) is 2. The van der Waals surface area contributed by atoms with Gasteiger partial charge in [-0.2, -0.15) is 0 Å². The highest BCUT2D eigenvalue weighted by Gasteiger charge is 2.16. The van der Waals surface area contributed by atoms with E-state index in [4.69, 9.17) is 4.42 Å². The minimum Gasteiger partial charge on any atom is -0.467 e. The number of rotatable bonds is 5. The molecule has 0 radical (unpaired) electrons. The van der Waals surface area contributed by atoms with Crippen LogP contribution in [0.5, 0.6) is 0 Å². The van der Waals surface area contributed by atoms with Crippen molar-refractivity contribution in [1.29, 1.82) is 0 Å². The van der Waals surface area contributed by atoms with Gasteiger partial charge >= 0.3 is 0 Å². The predicted molar refractivity (Wildman–Crippen MR) is 75.1 cm³/mol. The lowest BCUT2D eigenvalue weighted by atomic mass is 10.2. The molecule has 2 aromatic rings. The molecule has 20 heavy (non-hydrogen) atoms. The summed E-state index contributed by atoms with van der Waals surface area (Å²) in [5.41, 5.74) is -0.276. The summed E-state index contributed by atoms with van der Waals surface area (Å²) in [5.74, 6) is 0.0723. The Hall–Kier alpha value is -1.86. The van der Waals surface area contributed by atoms with E-state index >= 15 is 0 Å². The number of carbonyl (C=O) groups excluding carboxylic acids is 1. The molecule has 0 aliphatic heterocycles. The smallest absolute Gasteiger partial charge is 0.251 e. The summed E-state index contributed by atoms with van der Waals surface area (Å²) in [6, 6.07) is 5.68. The van der Waals surface area contributed by atoms with E-state index in [1.807, 2.05) is 0 Å². The quantitative estimate of drug-likeness (QED) is 0.852. The number of aliphatic hydroxyl groups is 1. The largest absolute Gasteiger partial charge is 0.467 e. The minimum absolute atomic E-state index is 0.129. The second-order valence-electron chi connectivity index (χ2n) is 4.13. The molecule has 6 nitrogen and oxygen atoms in total. The standard InChI is InChI=1S/C13H13BrN2O4/c14-9-3-4-13(19)16(6-9)7-12(18)15-10(8-17)11-2-1-5-20-11/h1-6,10,17H,7-8H2,(H,15,18).